The molecule has 0 atom stereocenters. The molecule has 0 N–H and O–H groups in total. The summed E-state index contributed by atoms with van der Waals surface area (Å²) in [5, 5.41) is 0.678. The van der Waals surface area contributed by atoms with E-state index in [4.69, 9.17) is 16.3 Å². The Morgan fingerprint density at radius 3 is 2.52 bits per heavy atom. The van der Waals surface area contributed by atoms with Crippen LogP contribution in [0.15, 0.2) is 30.3 Å². The molecular weight excluding hydrogens is 352 g/mol. The van der Waals surface area contributed by atoms with Gasteiger partial charge in [0.15, 0.2) is 0 Å². The molecule has 0 fully saturated rings. The number of carbonyl (C=O) groups is 1. The van der Waals surface area contributed by atoms with Crippen LogP contribution in [0.2, 0.25) is 5.02 Å². The summed E-state index contributed by atoms with van der Waals surface area (Å²) in [5.41, 5.74) is 4.59. The molecule has 0 aliphatic carbocycles. The second-order valence-corrected chi connectivity index (χ2v) is 6.16. The van der Waals surface area contributed by atoms with Crippen molar-refractivity contribution in [1.82, 2.24) is 0 Å². The molecule has 110 valence electrons. The molecule has 0 unspecified atom stereocenters. The monoisotopic (exact) mass is 366 g/mol. The Kier molecular flexibility index (Phi) is 5.07. The van der Waals surface area contributed by atoms with Crippen LogP contribution in [0.4, 0.5) is 0 Å². The van der Waals surface area contributed by atoms with Crippen molar-refractivity contribution in [2.75, 3.05) is 0 Å². The summed E-state index contributed by atoms with van der Waals surface area (Å²) in [6.07, 6.45) is 0. The smallest absolute Gasteiger partial charge is 0.228 e. The lowest BCUT2D eigenvalue weighted by molar-refractivity contribution is 0.109. The Morgan fingerprint density at radius 1 is 1.14 bits per heavy atom. The zero-order valence-corrected chi connectivity index (χ0v) is 14.5. The average molecular weight is 368 g/mol. The Labute approximate surface area is 138 Å². The van der Waals surface area contributed by atoms with Crippen molar-refractivity contribution < 1.29 is 9.53 Å². The minimum absolute atomic E-state index is 0.136. The van der Waals surface area contributed by atoms with E-state index < -0.39 is 0 Å². The molecule has 4 heteroatoms. The molecule has 0 saturated carbocycles. The number of ether oxygens (including phenoxy) is 1. The Bertz CT molecular complexity index is 695. The van der Waals surface area contributed by atoms with E-state index in [2.05, 4.69) is 15.9 Å². The third-order valence-electron chi connectivity index (χ3n) is 3.45. The van der Waals surface area contributed by atoms with Crippen molar-refractivity contribution in [2.45, 2.75) is 27.4 Å². The van der Waals surface area contributed by atoms with Crippen LogP contribution in [0, 0.1) is 20.8 Å². The van der Waals surface area contributed by atoms with Crippen LogP contribution < -0.4 is 4.74 Å². The largest absolute Gasteiger partial charge is 0.489 e. The first-order chi connectivity index (χ1) is 9.90. The van der Waals surface area contributed by atoms with Crippen LogP contribution in [0.3, 0.4) is 0 Å². The number of hydrogen-bond acceptors (Lipinski definition) is 2. The van der Waals surface area contributed by atoms with Gasteiger partial charge in [0.25, 0.3) is 0 Å². The maximum absolute atomic E-state index is 11.6. The van der Waals surface area contributed by atoms with Crippen molar-refractivity contribution in [3.05, 3.63) is 63.2 Å². The predicted octanol–water partition coefficient (Wildman–Crippen LogP) is 5.38. The summed E-state index contributed by atoms with van der Waals surface area (Å²) < 4.78 is 5.74. The van der Waals surface area contributed by atoms with E-state index in [0.29, 0.717) is 17.2 Å². The van der Waals surface area contributed by atoms with Crippen LogP contribution in [-0.2, 0) is 6.61 Å². The molecule has 0 spiro atoms. The van der Waals surface area contributed by atoms with Gasteiger partial charge in [0.05, 0.1) is 0 Å². The Morgan fingerprint density at radius 2 is 1.86 bits per heavy atom. The fourth-order valence-electron chi connectivity index (χ4n) is 2.19. The van der Waals surface area contributed by atoms with Crippen molar-refractivity contribution in [3.8, 4) is 5.75 Å². The van der Waals surface area contributed by atoms with Gasteiger partial charge in [-0.05, 0) is 59.5 Å². The van der Waals surface area contributed by atoms with Gasteiger partial charge in [-0.1, -0.05) is 35.9 Å². The first-order valence-corrected chi connectivity index (χ1v) is 7.75. The minimum atomic E-state index is -0.136. The van der Waals surface area contributed by atoms with E-state index in [1.807, 2.05) is 45.0 Å². The lowest BCUT2D eigenvalue weighted by Crippen LogP contribution is -2.05. The summed E-state index contributed by atoms with van der Waals surface area (Å²) in [7, 11) is 0. The molecule has 2 rings (SSSR count). The molecule has 0 saturated heterocycles. The van der Waals surface area contributed by atoms with Gasteiger partial charge < -0.3 is 4.74 Å². The molecule has 0 aliphatic rings. The summed E-state index contributed by atoms with van der Waals surface area (Å²) >= 11 is 9.15. The minimum Gasteiger partial charge on any atom is -0.489 e. The molecule has 0 bridgehead atoms. The van der Waals surface area contributed by atoms with Crippen LogP contribution >= 0.6 is 27.5 Å². The molecule has 2 aromatic rings. The van der Waals surface area contributed by atoms with Gasteiger partial charge in [-0.25, -0.2) is 0 Å². The summed E-state index contributed by atoms with van der Waals surface area (Å²) in [6, 6.07) is 9.43. The van der Waals surface area contributed by atoms with E-state index in [1.165, 1.54) is 0 Å². The lowest BCUT2D eigenvalue weighted by Gasteiger charge is -2.14. The van der Waals surface area contributed by atoms with E-state index in [0.717, 1.165) is 28.0 Å². The van der Waals surface area contributed by atoms with Crippen molar-refractivity contribution >= 4 is 32.2 Å². The molecule has 2 nitrogen and oxygen atoms in total. The number of rotatable bonds is 4. The highest BCUT2D eigenvalue weighted by Gasteiger charge is 2.12. The molecule has 0 radical (unpaired) electrons. The van der Waals surface area contributed by atoms with Gasteiger partial charge in [-0.3, -0.25) is 4.79 Å². The third-order valence-corrected chi connectivity index (χ3v) is 4.28. The maximum atomic E-state index is 11.6. The van der Waals surface area contributed by atoms with Crippen LogP contribution in [-0.4, -0.2) is 4.69 Å². The fourth-order valence-corrected chi connectivity index (χ4v) is 2.72. The normalized spacial score (nSPS) is 10.5. The Hall–Kier alpha value is -1.32. The van der Waals surface area contributed by atoms with Gasteiger partial charge >= 0.3 is 0 Å². The summed E-state index contributed by atoms with van der Waals surface area (Å²) in [6.45, 7) is 6.24. The van der Waals surface area contributed by atoms with Crippen molar-refractivity contribution in [2.24, 2.45) is 0 Å². The molecular formula is C17H16BrClO2. The highest BCUT2D eigenvalue weighted by molar-refractivity contribution is 9.18. The third kappa shape index (κ3) is 3.66. The molecule has 0 heterocycles. The number of carbonyl (C=O) groups excluding carboxylic acids is 1. The molecule has 21 heavy (non-hydrogen) atoms. The number of hydrogen-bond donors (Lipinski definition) is 0. The second kappa shape index (κ2) is 6.63. The van der Waals surface area contributed by atoms with Crippen molar-refractivity contribution in [3.63, 3.8) is 0 Å². The second-order valence-electron chi connectivity index (χ2n) is 5.03. The molecule has 0 amide bonds. The molecule has 2 aromatic carbocycles. The van der Waals surface area contributed by atoms with E-state index in [-0.39, 0.29) is 4.69 Å². The number of benzene rings is 2. The first-order valence-electron chi connectivity index (χ1n) is 6.58. The zero-order chi connectivity index (χ0) is 15.6. The van der Waals surface area contributed by atoms with Gasteiger partial charge in [0.1, 0.15) is 12.4 Å². The Balaban J connectivity index is 2.29. The van der Waals surface area contributed by atoms with Gasteiger partial charge in [0.2, 0.25) is 4.69 Å². The van der Waals surface area contributed by atoms with Gasteiger partial charge in [-0.15, -0.1) is 0 Å². The number of aryl methyl sites for hydroxylation is 3. The van der Waals surface area contributed by atoms with Gasteiger partial charge in [-0.2, -0.15) is 0 Å². The summed E-state index contributed by atoms with van der Waals surface area (Å²) in [5.74, 6) is 0.738. The quantitative estimate of drug-likeness (QED) is 0.678. The van der Waals surface area contributed by atoms with E-state index in [1.54, 1.807) is 6.07 Å². The molecule has 0 aliphatic heterocycles. The SMILES string of the molecule is Cc1cc(C)c(OCc2c(C)cccc2C(=O)Br)cc1Cl. The van der Waals surface area contributed by atoms with E-state index in [9.17, 15) is 4.79 Å². The predicted molar refractivity (Wildman–Crippen MR) is 89.7 cm³/mol. The lowest BCUT2D eigenvalue weighted by atomic mass is 10.0. The summed E-state index contributed by atoms with van der Waals surface area (Å²) in [4.78, 5) is 11.6. The van der Waals surface area contributed by atoms with Crippen molar-refractivity contribution in [1.29, 1.82) is 0 Å². The average Bonchev–Trinajstić information content (AvgIpc) is 2.42. The van der Waals surface area contributed by atoms with Gasteiger partial charge in [0, 0.05) is 16.1 Å². The van der Waals surface area contributed by atoms with E-state index >= 15 is 0 Å². The maximum Gasteiger partial charge on any atom is 0.228 e. The topological polar surface area (TPSA) is 26.3 Å². The first kappa shape index (κ1) is 16.1. The van der Waals surface area contributed by atoms with Crippen LogP contribution in [0.5, 0.6) is 5.75 Å². The fraction of sp³-hybridized carbons (Fsp3) is 0.235. The highest BCUT2D eigenvalue weighted by atomic mass is 79.9. The highest BCUT2D eigenvalue weighted by Crippen LogP contribution is 2.28. The van der Waals surface area contributed by atoms with Crippen LogP contribution in [0.1, 0.15) is 32.6 Å². The standard InChI is InChI=1S/C17H16BrClO2/c1-10-5-4-6-13(17(18)20)14(10)9-21-16-8-15(19)11(2)7-12(16)3/h4-8H,9H2,1-3H3. The zero-order valence-electron chi connectivity index (χ0n) is 12.2. The molecule has 0 aromatic heterocycles. The van der Waals surface area contributed by atoms with Crippen LogP contribution in [0.25, 0.3) is 0 Å². The number of halogens is 2.